The minimum Gasteiger partial charge on any atom is -0.493 e. The summed E-state index contributed by atoms with van der Waals surface area (Å²) in [6, 6.07) is 6.31. The van der Waals surface area contributed by atoms with Gasteiger partial charge in [0.15, 0.2) is 0 Å². The van der Waals surface area contributed by atoms with Crippen molar-refractivity contribution in [2.75, 3.05) is 13.2 Å². The summed E-state index contributed by atoms with van der Waals surface area (Å²) in [6.07, 6.45) is 4.00. The van der Waals surface area contributed by atoms with E-state index in [2.05, 4.69) is 49.3 Å². The van der Waals surface area contributed by atoms with Crippen LogP contribution < -0.4 is 10.1 Å². The zero-order valence-electron chi connectivity index (χ0n) is 13.1. The fourth-order valence-electron chi connectivity index (χ4n) is 2.04. The largest absolute Gasteiger partial charge is 0.493 e. The number of hydrogen-bond acceptors (Lipinski definition) is 4. The van der Waals surface area contributed by atoms with Gasteiger partial charge in [-0.1, -0.05) is 19.1 Å². The Kier molecular flexibility index (Phi) is 6.21. The van der Waals surface area contributed by atoms with E-state index in [9.17, 15) is 0 Å². The highest BCUT2D eigenvalue weighted by molar-refractivity contribution is 7.11. The molecule has 0 fully saturated rings. The first-order valence-corrected chi connectivity index (χ1v) is 8.35. The summed E-state index contributed by atoms with van der Waals surface area (Å²) < 4.78 is 5.88. The van der Waals surface area contributed by atoms with Crippen LogP contribution in [0.2, 0.25) is 0 Å². The van der Waals surface area contributed by atoms with Crippen LogP contribution >= 0.6 is 11.3 Å². The Morgan fingerprint density at radius 1 is 1.29 bits per heavy atom. The molecule has 21 heavy (non-hydrogen) atoms. The quantitative estimate of drug-likeness (QED) is 0.752. The Labute approximate surface area is 131 Å². The van der Waals surface area contributed by atoms with Crippen LogP contribution in [0.1, 0.15) is 34.4 Å². The first-order valence-electron chi connectivity index (χ1n) is 7.53. The highest BCUT2D eigenvalue weighted by Gasteiger charge is 2.04. The normalized spacial score (nSPS) is 10.8. The maximum atomic E-state index is 5.88. The van der Waals surface area contributed by atoms with Crippen LogP contribution in [0.4, 0.5) is 0 Å². The molecule has 114 valence electrons. The molecule has 1 aromatic heterocycles. The molecule has 1 aromatic carbocycles. The fourth-order valence-corrected chi connectivity index (χ4v) is 2.92. The summed E-state index contributed by atoms with van der Waals surface area (Å²) in [6.45, 7) is 9.00. The topological polar surface area (TPSA) is 34.2 Å². The van der Waals surface area contributed by atoms with Crippen molar-refractivity contribution in [2.24, 2.45) is 0 Å². The summed E-state index contributed by atoms with van der Waals surface area (Å²) in [5, 5.41) is 4.55. The van der Waals surface area contributed by atoms with Crippen LogP contribution in [0.25, 0.3) is 0 Å². The Morgan fingerprint density at radius 2 is 2.14 bits per heavy atom. The molecule has 2 aromatic rings. The van der Waals surface area contributed by atoms with Crippen molar-refractivity contribution in [3.63, 3.8) is 0 Å². The zero-order chi connectivity index (χ0) is 15.1. The molecule has 0 aliphatic rings. The second kappa shape index (κ2) is 8.15. The van der Waals surface area contributed by atoms with Gasteiger partial charge in [-0.25, -0.2) is 4.98 Å². The third-order valence-electron chi connectivity index (χ3n) is 3.24. The van der Waals surface area contributed by atoms with Gasteiger partial charge in [0.2, 0.25) is 0 Å². The molecular formula is C17H24N2OS. The molecule has 0 amide bonds. The fraction of sp³-hybridized carbons (Fsp3) is 0.471. The van der Waals surface area contributed by atoms with Crippen molar-refractivity contribution in [1.82, 2.24) is 10.3 Å². The molecule has 0 bridgehead atoms. The van der Waals surface area contributed by atoms with Crippen molar-refractivity contribution >= 4 is 11.3 Å². The van der Waals surface area contributed by atoms with Gasteiger partial charge in [0, 0.05) is 24.0 Å². The van der Waals surface area contributed by atoms with Crippen molar-refractivity contribution in [3.05, 3.63) is 45.4 Å². The van der Waals surface area contributed by atoms with E-state index in [-0.39, 0.29) is 0 Å². The van der Waals surface area contributed by atoms with E-state index in [0.717, 1.165) is 36.7 Å². The molecule has 2 rings (SSSR count). The predicted octanol–water partition coefficient (Wildman–Crippen LogP) is 3.88. The van der Waals surface area contributed by atoms with Gasteiger partial charge in [-0.05, 0) is 44.0 Å². The van der Waals surface area contributed by atoms with E-state index in [1.165, 1.54) is 16.0 Å². The minimum atomic E-state index is 0.680. The van der Waals surface area contributed by atoms with Gasteiger partial charge in [-0.2, -0.15) is 0 Å². The number of nitrogens with zero attached hydrogens (tertiary/aromatic N) is 1. The van der Waals surface area contributed by atoms with E-state index in [0.29, 0.717) is 6.61 Å². The Bertz CT molecular complexity index is 566. The molecule has 1 N–H and O–H groups in total. The van der Waals surface area contributed by atoms with Crippen molar-refractivity contribution in [3.8, 4) is 5.75 Å². The number of benzene rings is 1. The first-order chi connectivity index (χ1) is 10.2. The number of ether oxygens (including phenoxy) is 1. The number of aromatic nitrogens is 1. The maximum Gasteiger partial charge on any atom is 0.122 e. The number of rotatable bonds is 8. The number of hydrogen-bond donors (Lipinski definition) is 1. The Balaban J connectivity index is 1.79. The van der Waals surface area contributed by atoms with Gasteiger partial charge in [-0.3, -0.25) is 0 Å². The molecule has 0 aliphatic heterocycles. The van der Waals surface area contributed by atoms with Gasteiger partial charge in [0.05, 0.1) is 11.6 Å². The second-order valence-corrected chi connectivity index (χ2v) is 6.46. The molecule has 0 saturated carbocycles. The summed E-state index contributed by atoms with van der Waals surface area (Å²) >= 11 is 1.77. The number of thiazole rings is 1. The van der Waals surface area contributed by atoms with Crippen LogP contribution in [0, 0.1) is 13.8 Å². The highest BCUT2D eigenvalue weighted by Crippen LogP contribution is 2.20. The predicted molar refractivity (Wildman–Crippen MR) is 89.2 cm³/mol. The smallest absolute Gasteiger partial charge is 0.122 e. The maximum absolute atomic E-state index is 5.88. The van der Waals surface area contributed by atoms with E-state index in [4.69, 9.17) is 4.74 Å². The molecular weight excluding hydrogens is 280 g/mol. The van der Waals surface area contributed by atoms with Crippen LogP contribution in [0.3, 0.4) is 0 Å². The molecule has 0 unspecified atom stereocenters. The summed E-state index contributed by atoms with van der Waals surface area (Å²) in [5.41, 5.74) is 2.42. The summed E-state index contributed by atoms with van der Waals surface area (Å²) in [7, 11) is 0. The van der Waals surface area contributed by atoms with Crippen LogP contribution in [0.5, 0.6) is 5.75 Å². The van der Waals surface area contributed by atoms with Gasteiger partial charge < -0.3 is 10.1 Å². The van der Waals surface area contributed by atoms with E-state index in [1.807, 2.05) is 6.20 Å². The molecule has 0 spiro atoms. The average Bonchev–Trinajstić information content (AvgIpc) is 2.91. The van der Waals surface area contributed by atoms with E-state index < -0.39 is 0 Å². The van der Waals surface area contributed by atoms with Gasteiger partial charge in [-0.15, -0.1) is 11.3 Å². The standard InChI is InChI=1S/C17H24N2OS/c1-4-8-18-11-15-12-19-17(21-15)7-9-20-16-10-13(2)5-6-14(16)3/h5-6,10,12,18H,4,7-9,11H2,1-3H3. The molecule has 0 saturated heterocycles. The summed E-state index contributed by atoms with van der Waals surface area (Å²) in [5.74, 6) is 0.983. The molecule has 1 heterocycles. The zero-order valence-corrected chi connectivity index (χ0v) is 13.9. The van der Waals surface area contributed by atoms with E-state index in [1.54, 1.807) is 11.3 Å². The molecule has 3 nitrogen and oxygen atoms in total. The van der Waals surface area contributed by atoms with Gasteiger partial charge >= 0.3 is 0 Å². The Morgan fingerprint density at radius 3 is 2.95 bits per heavy atom. The lowest BCUT2D eigenvalue weighted by atomic mass is 10.1. The minimum absolute atomic E-state index is 0.680. The first kappa shape index (κ1) is 16.0. The lowest BCUT2D eigenvalue weighted by Gasteiger charge is -2.08. The average molecular weight is 304 g/mol. The van der Waals surface area contributed by atoms with E-state index >= 15 is 0 Å². The van der Waals surface area contributed by atoms with Crippen LogP contribution in [0.15, 0.2) is 24.4 Å². The van der Waals surface area contributed by atoms with Gasteiger partial charge in [0.1, 0.15) is 5.75 Å². The SMILES string of the molecule is CCCNCc1cnc(CCOc2cc(C)ccc2C)s1. The van der Waals surface area contributed by atoms with Gasteiger partial charge in [0.25, 0.3) is 0 Å². The van der Waals surface area contributed by atoms with Crippen molar-refractivity contribution in [1.29, 1.82) is 0 Å². The molecule has 0 atom stereocenters. The van der Waals surface area contributed by atoms with Crippen molar-refractivity contribution < 1.29 is 4.74 Å². The number of nitrogens with one attached hydrogen (secondary N) is 1. The van der Waals surface area contributed by atoms with Crippen LogP contribution in [-0.4, -0.2) is 18.1 Å². The highest BCUT2D eigenvalue weighted by atomic mass is 32.1. The lowest BCUT2D eigenvalue weighted by molar-refractivity contribution is 0.319. The van der Waals surface area contributed by atoms with Crippen LogP contribution in [-0.2, 0) is 13.0 Å². The third kappa shape index (κ3) is 5.14. The van der Waals surface area contributed by atoms with Crippen molar-refractivity contribution in [2.45, 2.75) is 40.2 Å². The Hall–Kier alpha value is -1.39. The monoisotopic (exact) mass is 304 g/mol. The molecule has 4 heteroatoms. The second-order valence-electron chi connectivity index (χ2n) is 5.26. The number of aryl methyl sites for hydroxylation is 2. The molecule has 0 aliphatic carbocycles. The third-order valence-corrected chi connectivity index (χ3v) is 4.30. The molecule has 0 radical (unpaired) electrons. The lowest BCUT2D eigenvalue weighted by Crippen LogP contribution is -2.12. The summed E-state index contributed by atoms with van der Waals surface area (Å²) in [4.78, 5) is 5.76.